The number of anilines is 1. The third-order valence-electron chi connectivity index (χ3n) is 3.84. The fourth-order valence-corrected chi connectivity index (χ4v) is 2.44. The first-order valence-corrected chi connectivity index (χ1v) is 9.11. The van der Waals surface area contributed by atoms with Crippen molar-refractivity contribution in [1.29, 1.82) is 0 Å². The number of hydrogen-bond acceptors (Lipinski definition) is 3. The first kappa shape index (κ1) is 19.6. The van der Waals surface area contributed by atoms with Crippen LogP contribution in [0.25, 0.3) is 0 Å². The molecule has 0 radical (unpaired) electrons. The molecule has 1 N–H and O–H groups in total. The Bertz CT molecular complexity index is 695. The minimum atomic E-state index is -0.166. The molecule has 0 spiro atoms. The highest BCUT2D eigenvalue weighted by atomic mass is 16.5. The zero-order chi connectivity index (χ0) is 18.6. The van der Waals surface area contributed by atoms with Crippen LogP contribution < -0.4 is 14.8 Å². The summed E-state index contributed by atoms with van der Waals surface area (Å²) in [6, 6.07) is 14.5. The predicted molar refractivity (Wildman–Crippen MR) is 106 cm³/mol. The number of carbonyl (C=O) groups is 1. The second-order valence-electron chi connectivity index (χ2n) is 6.02. The lowest BCUT2D eigenvalue weighted by Gasteiger charge is -2.09. The van der Waals surface area contributed by atoms with Crippen molar-refractivity contribution in [1.82, 2.24) is 0 Å². The molecule has 4 heteroatoms. The molecule has 26 heavy (non-hydrogen) atoms. The maximum absolute atomic E-state index is 12.4. The quantitative estimate of drug-likeness (QED) is 0.431. The molecule has 1 amide bonds. The third-order valence-corrected chi connectivity index (χ3v) is 3.84. The Morgan fingerprint density at radius 2 is 1.85 bits per heavy atom. The maximum Gasteiger partial charge on any atom is 0.255 e. The summed E-state index contributed by atoms with van der Waals surface area (Å²) in [5.41, 5.74) is 1.27. The Labute approximate surface area is 155 Å². The Hall–Kier alpha value is -2.75. The fourth-order valence-electron chi connectivity index (χ4n) is 2.44. The van der Waals surface area contributed by atoms with Crippen molar-refractivity contribution in [2.24, 2.45) is 0 Å². The molecule has 0 aliphatic heterocycles. The van der Waals surface area contributed by atoms with Crippen molar-refractivity contribution in [2.75, 3.05) is 18.5 Å². The molecule has 4 nitrogen and oxygen atoms in total. The lowest BCUT2D eigenvalue weighted by Crippen LogP contribution is -2.11. The van der Waals surface area contributed by atoms with Crippen LogP contribution in [0.15, 0.2) is 61.2 Å². The van der Waals surface area contributed by atoms with Crippen LogP contribution in [0.3, 0.4) is 0 Å². The van der Waals surface area contributed by atoms with E-state index in [1.165, 1.54) is 19.3 Å². The molecule has 0 heterocycles. The lowest BCUT2D eigenvalue weighted by molar-refractivity contribution is 0.102. The second-order valence-corrected chi connectivity index (χ2v) is 6.02. The molecule has 2 rings (SSSR count). The number of ether oxygens (including phenoxy) is 2. The molecule has 2 aromatic carbocycles. The average Bonchev–Trinajstić information content (AvgIpc) is 2.67. The summed E-state index contributed by atoms with van der Waals surface area (Å²) in [5.74, 6) is 1.31. The molecule has 0 aliphatic rings. The largest absolute Gasteiger partial charge is 0.494 e. The van der Waals surface area contributed by atoms with E-state index in [1.807, 2.05) is 30.3 Å². The molecule has 0 bridgehead atoms. The number of unbranched alkanes of at least 4 members (excludes halogenated alkanes) is 3. The van der Waals surface area contributed by atoms with Crippen molar-refractivity contribution in [3.63, 3.8) is 0 Å². The average molecular weight is 353 g/mol. The fraction of sp³-hybridized carbons (Fsp3) is 0.318. The van der Waals surface area contributed by atoms with Crippen LogP contribution in [0.1, 0.15) is 43.0 Å². The number of benzene rings is 2. The van der Waals surface area contributed by atoms with Crippen LogP contribution in [-0.2, 0) is 0 Å². The third kappa shape index (κ3) is 6.63. The highest BCUT2D eigenvalue weighted by Gasteiger charge is 2.07. The van der Waals surface area contributed by atoms with Gasteiger partial charge < -0.3 is 14.8 Å². The SMILES string of the molecule is C=CCOc1cccc(NC(=O)c2ccc(OCCCCCC)cc2)c1. The van der Waals surface area contributed by atoms with E-state index in [1.54, 1.807) is 24.3 Å². The highest BCUT2D eigenvalue weighted by Crippen LogP contribution is 2.19. The summed E-state index contributed by atoms with van der Waals surface area (Å²) in [6.07, 6.45) is 6.38. The van der Waals surface area contributed by atoms with Crippen LogP contribution in [0.5, 0.6) is 11.5 Å². The zero-order valence-corrected chi connectivity index (χ0v) is 15.4. The molecular weight excluding hydrogens is 326 g/mol. The summed E-state index contributed by atoms with van der Waals surface area (Å²) in [5, 5.41) is 2.88. The predicted octanol–water partition coefficient (Wildman–Crippen LogP) is 5.46. The summed E-state index contributed by atoms with van der Waals surface area (Å²) in [7, 11) is 0. The van der Waals surface area contributed by atoms with E-state index in [2.05, 4.69) is 18.8 Å². The Morgan fingerprint density at radius 3 is 2.58 bits per heavy atom. The highest BCUT2D eigenvalue weighted by molar-refractivity contribution is 6.04. The van der Waals surface area contributed by atoms with Crippen LogP contribution in [-0.4, -0.2) is 19.1 Å². The molecule has 0 saturated carbocycles. The summed E-state index contributed by atoms with van der Waals surface area (Å²) < 4.78 is 11.2. The molecular formula is C22H27NO3. The van der Waals surface area contributed by atoms with Gasteiger partial charge in [-0.05, 0) is 42.8 Å². The van der Waals surface area contributed by atoms with Gasteiger partial charge in [0.05, 0.1) is 6.61 Å². The van der Waals surface area contributed by atoms with Gasteiger partial charge in [-0.15, -0.1) is 0 Å². The summed E-state index contributed by atoms with van der Waals surface area (Å²) in [6.45, 7) is 6.95. The van der Waals surface area contributed by atoms with E-state index in [4.69, 9.17) is 9.47 Å². The van der Waals surface area contributed by atoms with E-state index in [0.29, 0.717) is 30.2 Å². The molecule has 0 aliphatic carbocycles. The Balaban J connectivity index is 1.86. The number of carbonyl (C=O) groups excluding carboxylic acids is 1. The number of rotatable bonds is 11. The van der Waals surface area contributed by atoms with Gasteiger partial charge in [-0.3, -0.25) is 4.79 Å². The van der Waals surface area contributed by atoms with Gasteiger partial charge in [-0.2, -0.15) is 0 Å². The van der Waals surface area contributed by atoms with Crippen molar-refractivity contribution >= 4 is 11.6 Å². The van der Waals surface area contributed by atoms with E-state index >= 15 is 0 Å². The van der Waals surface area contributed by atoms with E-state index < -0.39 is 0 Å². The van der Waals surface area contributed by atoms with Crippen LogP contribution in [0, 0.1) is 0 Å². The Morgan fingerprint density at radius 1 is 1.04 bits per heavy atom. The number of hydrogen-bond donors (Lipinski definition) is 1. The van der Waals surface area contributed by atoms with Crippen LogP contribution >= 0.6 is 0 Å². The molecule has 2 aromatic rings. The minimum Gasteiger partial charge on any atom is -0.494 e. The van der Waals surface area contributed by atoms with Gasteiger partial charge in [0, 0.05) is 17.3 Å². The van der Waals surface area contributed by atoms with E-state index in [0.717, 1.165) is 12.2 Å². The van der Waals surface area contributed by atoms with Gasteiger partial charge in [0.2, 0.25) is 0 Å². The first-order chi connectivity index (χ1) is 12.7. The van der Waals surface area contributed by atoms with Gasteiger partial charge in [0.25, 0.3) is 5.91 Å². The van der Waals surface area contributed by atoms with Crippen molar-refractivity contribution < 1.29 is 14.3 Å². The molecule has 0 atom stereocenters. The van der Waals surface area contributed by atoms with Gasteiger partial charge in [0.15, 0.2) is 0 Å². The zero-order valence-electron chi connectivity index (χ0n) is 15.4. The first-order valence-electron chi connectivity index (χ1n) is 9.11. The van der Waals surface area contributed by atoms with Gasteiger partial charge in [0.1, 0.15) is 18.1 Å². The van der Waals surface area contributed by atoms with Crippen molar-refractivity contribution in [2.45, 2.75) is 32.6 Å². The van der Waals surface area contributed by atoms with Gasteiger partial charge >= 0.3 is 0 Å². The summed E-state index contributed by atoms with van der Waals surface area (Å²) >= 11 is 0. The maximum atomic E-state index is 12.4. The van der Waals surface area contributed by atoms with E-state index in [-0.39, 0.29) is 5.91 Å². The molecule has 0 saturated heterocycles. The molecule has 0 aromatic heterocycles. The number of amides is 1. The monoisotopic (exact) mass is 353 g/mol. The topological polar surface area (TPSA) is 47.6 Å². The van der Waals surface area contributed by atoms with E-state index in [9.17, 15) is 4.79 Å². The van der Waals surface area contributed by atoms with Crippen LogP contribution in [0.4, 0.5) is 5.69 Å². The minimum absolute atomic E-state index is 0.166. The summed E-state index contributed by atoms with van der Waals surface area (Å²) in [4.78, 5) is 12.4. The molecule has 138 valence electrons. The van der Waals surface area contributed by atoms with Crippen LogP contribution in [0.2, 0.25) is 0 Å². The van der Waals surface area contributed by atoms with Crippen molar-refractivity contribution in [3.8, 4) is 11.5 Å². The normalized spacial score (nSPS) is 10.2. The lowest BCUT2D eigenvalue weighted by atomic mass is 10.2. The van der Waals surface area contributed by atoms with Gasteiger partial charge in [-0.1, -0.05) is 44.9 Å². The smallest absolute Gasteiger partial charge is 0.255 e. The Kier molecular flexibility index (Phi) is 8.27. The molecule has 0 fully saturated rings. The van der Waals surface area contributed by atoms with Gasteiger partial charge in [-0.25, -0.2) is 0 Å². The van der Waals surface area contributed by atoms with Crippen molar-refractivity contribution in [3.05, 3.63) is 66.7 Å². The standard InChI is InChI=1S/C22H27NO3/c1-3-5-6-7-16-26-20-13-11-18(12-14-20)22(24)23-19-9-8-10-21(17-19)25-15-4-2/h4,8-14,17H,2-3,5-7,15-16H2,1H3,(H,23,24). The number of nitrogens with one attached hydrogen (secondary N) is 1. The second kappa shape index (κ2) is 11.0. The molecule has 0 unspecified atom stereocenters.